The number of carbonyl (C=O) groups excluding carboxylic acids is 1. The second kappa shape index (κ2) is 6.78. The van der Waals surface area contributed by atoms with E-state index in [1.807, 2.05) is 0 Å². The first-order valence-electron chi connectivity index (χ1n) is 9.27. The molecule has 0 N–H and O–H groups in total. The average Bonchev–Trinajstić information content (AvgIpc) is 3.23. The second-order valence-electron chi connectivity index (χ2n) is 7.27. The minimum atomic E-state index is -4.69. The van der Waals surface area contributed by atoms with Crippen molar-refractivity contribution >= 4 is 5.91 Å². The van der Waals surface area contributed by atoms with Crippen LogP contribution >= 0.6 is 0 Å². The third-order valence-corrected chi connectivity index (χ3v) is 5.51. The Kier molecular flexibility index (Phi) is 4.54. The summed E-state index contributed by atoms with van der Waals surface area (Å²) in [5.41, 5.74) is 0.402. The van der Waals surface area contributed by atoms with Crippen molar-refractivity contribution in [3.05, 3.63) is 33.3 Å². The van der Waals surface area contributed by atoms with E-state index in [1.54, 1.807) is 4.90 Å². The van der Waals surface area contributed by atoms with E-state index in [9.17, 15) is 22.8 Å². The Balaban J connectivity index is 1.48. The van der Waals surface area contributed by atoms with Gasteiger partial charge >= 0.3 is 11.9 Å². The van der Waals surface area contributed by atoms with Crippen LogP contribution in [0, 0.1) is 0 Å². The number of hydrogen-bond acceptors (Lipinski definition) is 5. The quantitative estimate of drug-likeness (QED) is 0.771. The largest absolute Gasteiger partial charge is 0.451 e. The average molecular weight is 399 g/mol. The van der Waals surface area contributed by atoms with Crippen molar-refractivity contribution in [3.8, 4) is 0 Å². The highest BCUT2D eigenvalue weighted by molar-refractivity contribution is 5.94. The van der Waals surface area contributed by atoms with Gasteiger partial charge in [-0.1, -0.05) is 5.16 Å². The minimum Gasteiger partial charge on any atom is -0.360 e. The van der Waals surface area contributed by atoms with E-state index in [4.69, 9.17) is 4.52 Å². The first kappa shape index (κ1) is 18.8. The summed E-state index contributed by atoms with van der Waals surface area (Å²) >= 11 is 0. The molecule has 1 amide bonds. The fourth-order valence-corrected chi connectivity index (χ4v) is 3.96. The molecular formula is C17H20F3N5O3. The van der Waals surface area contributed by atoms with E-state index in [2.05, 4.69) is 10.3 Å². The first-order chi connectivity index (χ1) is 13.3. The Hall–Kier alpha value is -2.59. The van der Waals surface area contributed by atoms with Crippen molar-refractivity contribution < 1.29 is 22.5 Å². The van der Waals surface area contributed by atoms with Crippen LogP contribution < -0.4 is 5.69 Å². The summed E-state index contributed by atoms with van der Waals surface area (Å²) in [6.07, 6.45) is -0.454. The van der Waals surface area contributed by atoms with Gasteiger partial charge in [0.1, 0.15) is 5.76 Å². The maximum absolute atomic E-state index is 13.0. The molecule has 3 heterocycles. The van der Waals surface area contributed by atoms with Gasteiger partial charge in [-0.15, -0.1) is 5.10 Å². The summed E-state index contributed by atoms with van der Waals surface area (Å²) in [5.74, 6) is -0.677. The molecular weight excluding hydrogens is 379 g/mol. The van der Waals surface area contributed by atoms with Crippen LogP contribution in [0.4, 0.5) is 13.2 Å². The summed E-state index contributed by atoms with van der Waals surface area (Å²) < 4.78 is 45.6. The Morgan fingerprint density at radius 1 is 1.18 bits per heavy atom. The lowest BCUT2D eigenvalue weighted by Crippen LogP contribution is -2.41. The number of piperidine rings is 1. The lowest BCUT2D eigenvalue weighted by Gasteiger charge is -2.31. The number of halogens is 3. The number of rotatable bonds is 2. The molecule has 1 aliphatic carbocycles. The lowest BCUT2D eigenvalue weighted by molar-refractivity contribution is -0.147. The Labute approximate surface area is 157 Å². The molecule has 0 saturated carbocycles. The van der Waals surface area contributed by atoms with Crippen molar-refractivity contribution in [1.29, 1.82) is 0 Å². The van der Waals surface area contributed by atoms with Gasteiger partial charge in [0, 0.05) is 32.1 Å². The zero-order valence-corrected chi connectivity index (χ0v) is 15.3. The van der Waals surface area contributed by atoms with Crippen molar-refractivity contribution in [3.63, 3.8) is 0 Å². The van der Waals surface area contributed by atoms with Crippen molar-refractivity contribution in [2.24, 2.45) is 7.05 Å². The number of fused-ring (bicyclic) bond motifs is 1. The molecule has 8 nitrogen and oxygen atoms in total. The van der Waals surface area contributed by atoms with Crippen LogP contribution in [0.25, 0.3) is 0 Å². The molecule has 2 aromatic heterocycles. The van der Waals surface area contributed by atoms with Gasteiger partial charge in [-0.3, -0.25) is 9.36 Å². The summed E-state index contributed by atoms with van der Waals surface area (Å²) in [7, 11) is 1.06. The molecule has 4 rings (SSSR count). The number of carbonyl (C=O) groups is 1. The number of alkyl halides is 3. The van der Waals surface area contributed by atoms with Crippen LogP contribution in [-0.2, 0) is 26.1 Å². The third-order valence-electron chi connectivity index (χ3n) is 5.51. The molecule has 0 bridgehead atoms. The predicted octanol–water partition coefficient (Wildman–Crippen LogP) is 1.94. The lowest BCUT2D eigenvalue weighted by atomic mass is 9.95. The van der Waals surface area contributed by atoms with Gasteiger partial charge < -0.3 is 9.42 Å². The molecule has 1 fully saturated rings. The standard InChI is InChI=1S/C17H20F3N5O3/c1-23-15(17(18,19)20)21-25(16(23)27)10-6-8-24(9-7-10)14(26)13-11-4-2-3-5-12(11)28-22-13/h10H,2-9H2,1H3. The molecule has 0 radical (unpaired) electrons. The number of aryl methyl sites for hydroxylation is 1. The van der Waals surface area contributed by atoms with E-state index in [-0.39, 0.29) is 5.91 Å². The maximum atomic E-state index is 13.0. The fourth-order valence-electron chi connectivity index (χ4n) is 3.96. The summed E-state index contributed by atoms with van der Waals surface area (Å²) in [4.78, 5) is 26.6. The van der Waals surface area contributed by atoms with Crippen LogP contribution in [0.1, 0.15) is 59.4 Å². The molecule has 0 spiro atoms. The van der Waals surface area contributed by atoms with E-state index in [0.717, 1.165) is 48.7 Å². The molecule has 152 valence electrons. The van der Waals surface area contributed by atoms with Crippen molar-refractivity contribution in [2.75, 3.05) is 13.1 Å². The smallest absolute Gasteiger partial charge is 0.360 e. The number of hydrogen-bond donors (Lipinski definition) is 0. The third kappa shape index (κ3) is 3.12. The Morgan fingerprint density at radius 3 is 2.50 bits per heavy atom. The number of likely N-dealkylation sites (tertiary alicyclic amines) is 1. The van der Waals surface area contributed by atoms with E-state index in [0.29, 0.717) is 36.2 Å². The summed E-state index contributed by atoms with van der Waals surface area (Å²) in [6.45, 7) is 0.630. The van der Waals surface area contributed by atoms with Crippen molar-refractivity contribution in [1.82, 2.24) is 24.4 Å². The number of nitrogens with zero attached hydrogens (tertiary/aromatic N) is 5. The van der Waals surface area contributed by atoms with E-state index in [1.165, 1.54) is 0 Å². The van der Waals surface area contributed by atoms with Crippen LogP contribution in [-0.4, -0.2) is 43.4 Å². The van der Waals surface area contributed by atoms with Crippen molar-refractivity contribution in [2.45, 2.75) is 50.7 Å². The summed E-state index contributed by atoms with van der Waals surface area (Å²) in [6, 6.07) is -0.481. The zero-order chi connectivity index (χ0) is 20.1. The maximum Gasteiger partial charge on any atom is 0.451 e. The normalized spacial score (nSPS) is 18.4. The molecule has 1 aliphatic heterocycles. The van der Waals surface area contributed by atoms with Gasteiger partial charge in [-0.2, -0.15) is 13.2 Å². The van der Waals surface area contributed by atoms with Crippen LogP contribution in [0.2, 0.25) is 0 Å². The van der Waals surface area contributed by atoms with Crippen LogP contribution in [0.5, 0.6) is 0 Å². The molecule has 1 saturated heterocycles. The highest BCUT2D eigenvalue weighted by Gasteiger charge is 2.39. The molecule has 11 heteroatoms. The Morgan fingerprint density at radius 2 is 1.86 bits per heavy atom. The molecule has 2 aromatic rings. The van der Waals surface area contributed by atoms with Crippen LogP contribution in [0.3, 0.4) is 0 Å². The SMILES string of the molecule is Cn1c(C(F)(F)F)nn(C2CCN(C(=O)c3noc4c3CCCC4)CC2)c1=O. The molecule has 28 heavy (non-hydrogen) atoms. The summed E-state index contributed by atoms with van der Waals surface area (Å²) in [5, 5.41) is 7.44. The highest BCUT2D eigenvalue weighted by atomic mass is 19.4. The first-order valence-corrected chi connectivity index (χ1v) is 9.27. The Bertz CT molecular complexity index is 950. The zero-order valence-electron chi connectivity index (χ0n) is 15.3. The van der Waals surface area contributed by atoms with Gasteiger partial charge in [0.05, 0.1) is 6.04 Å². The molecule has 0 unspecified atom stereocenters. The molecule has 0 aromatic carbocycles. The minimum absolute atomic E-state index is 0.227. The van der Waals surface area contributed by atoms with Gasteiger partial charge in [0.25, 0.3) is 5.91 Å². The topological polar surface area (TPSA) is 86.2 Å². The highest BCUT2D eigenvalue weighted by Crippen LogP contribution is 2.29. The van der Waals surface area contributed by atoms with Crippen LogP contribution in [0.15, 0.2) is 9.32 Å². The van der Waals surface area contributed by atoms with E-state index < -0.39 is 23.7 Å². The molecule has 0 atom stereocenters. The number of aromatic nitrogens is 4. The second-order valence-corrected chi connectivity index (χ2v) is 7.27. The van der Waals surface area contributed by atoms with Gasteiger partial charge in [0.2, 0.25) is 5.82 Å². The predicted molar refractivity (Wildman–Crippen MR) is 89.8 cm³/mol. The number of amides is 1. The van der Waals surface area contributed by atoms with Gasteiger partial charge in [-0.25, -0.2) is 9.48 Å². The van der Waals surface area contributed by atoms with Gasteiger partial charge in [-0.05, 0) is 32.1 Å². The van der Waals surface area contributed by atoms with E-state index >= 15 is 0 Å². The van der Waals surface area contributed by atoms with Gasteiger partial charge in [0.15, 0.2) is 5.69 Å². The molecule has 2 aliphatic rings. The fraction of sp³-hybridized carbons (Fsp3) is 0.647. The monoisotopic (exact) mass is 399 g/mol.